The maximum Gasteiger partial charge on any atom is 0.210 e. The van der Waals surface area contributed by atoms with E-state index in [0.717, 1.165) is 28.8 Å². The normalized spacial score (nSPS) is 15.3. The number of likely N-dealkylation sites (tertiary alicyclic amines) is 1. The maximum atomic E-state index is 6.13. The lowest BCUT2D eigenvalue weighted by molar-refractivity contribution is 0.362. The Bertz CT molecular complexity index is 607. The molecule has 0 amide bonds. The van der Waals surface area contributed by atoms with Crippen molar-refractivity contribution in [2.75, 3.05) is 38.3 Å². The van der Waals surface area contributed by atoms with Crippen LogP contribution in [0.5, 0.6) is 5.75 Å². The van der Waals surface area contributed by atoms with Crippen molar-refractivity contribution in [3.05, 3.63) is 24.3 Å². The van der Waals surface area contributed by atoms with Gasteiger partial charge >= 0.3 is 0 Å². The Morgan fingerprint density at radius 3 is 2.59 bits per heavy atom. The van der Waals surface area contributed by atoms with Crippen molar-refractivity contribution in [1.29, 1.82) is 0 Å². The van der Waals surface area contributed by atoms with Gasteiger partial charge in [-0.1, -0.05) is 11.8 Å². The highest BCUT2D eigenvalue weighted by Gasteiger charge is 2.14. The lowest BCUT2D eigenvalue weighted by Crippen LogP contribution is -2.22. The van der Waals surface area contributed by atoms with Crippen LogP contribution in [0, 0.1) is 0 Å². The third kappa shape index (κ3) is 3.36. The molecule has 0 unspecified atom stereocenters. The van der Waals surface area contributed by atoms with Crippen molar-refractivity contribution in [3.63, 3.8) is 0 Å². The lowest BCUT2D eigenvalue weighted by atomic mass is 10.2. The highest BCUT2D eigenvalue weighted by atomic mass is 32.2. The predicted molar refractivity (Wildman–Crippen MR) is 88.6 cm³/mol. The average molecular weight is 319 g/mol. The Morgan fingerprint density at radius 2 is 1.91 bits per heavy atom. The van der Waals surface area contributed by atoms with Crippen molar-refractivity contribution < 1.29 is 4.74 Å². The summed E-state index contributed by atoms with van der Waals surface area (Å²) in [6.45, 7) is 3.51. The van der Waals surface area contributed by atoms with Crippen molar-refractivity contribution in [2.24, 2.45) is 0 Å². The average Bonchev–Trinajstić information content (AvgIpc) is 3.18. The van der Waals surface area contributed by atoms with Gasteiger partial charge in [0.25, 0.3) is 0 Å². The summed E-state index contributed by atoms with van der Waals surface area (Å²) >= 11 is 1.66. The van der Waals surface area contributed by atoms with Crippen molar-refractivity contribution in [2.45, 2.75) is 18.0 Å². The zero-order valence-electron chi connectivity index (χ0n) is 12.7. The van der Waals surface area contributed by atoms with Gasteiger partial charge in [0.2, 0.25) is 5.16 Å². The zero-order chi connectivity index (χ0) is 15.4. The molecule has 0 aliphatic carbocycles. The number of nitrogens with zero attached hydrogens (tertiary/aromatic N) is 4. The Morgan fingerprint density at radius 1 is 1.18 bits per heavy atom. The molecule has 3 rings (SSSR count). The highest BCUT2D eigenvalue weighted by molar-refractivity contribution is 7.99. The van der Waals surface area contributed by atoms with Crippen LogP contribution in [-0.2, 0) is 0 Å². The molecule has 6 nitrogen and oxygen atoms in total. The Labute approximate surface area is 134 Å². The van der Waals surface area contributed by atoms with Gasteiger partial charge in [-0.2, -0.15) is 0 Å². The molecule has 1 aliphatic heterocycles. The van der Waals surface area contributed by atoms with Gasteiger partial charge in [-0.25, -0.2) is 4.68 Å². The Kier molecular flexibility index (Phi) is 4.84. The van der Waals surface area contributed by atoms with Crippen LogP contribution in [0.4, 0.5) is 0 Å². The predicted octanol–water partition coefficient (Wildman–Crippen LogP) is 1.86. The van der Waals surface area contributed by atoms with Crippen LogP contribution in [0.15, 0.2) is 29.4 Å². The van der Waals surface area contributed by atoms with Crippen molar-refractivity contribution in [1.82, 2.24) is 19.8 Å². The molecule has 2 N–H and O–H groups in total. The minimum absolute atomic E-state index is 0.673. The molecular formula is C15H21N5OS. The van der Waals surface area contributed by atoms with E-state index in [2.05, 4.69) is 15.1 Å². The van der Waals surface area contributed by atoms with E-state index in [1.807, 2.05) is 24.3 Å². The second-order valence-corrected chi connectivity index (χ2v) is 6.36. The first-order valence-corrected chi connectivity index (χ1v) is 8.46. The van der Waals surface area contributed by atoms with Gasteiger partial charge in [0.15, 0.2) is 5.82 Å². The second kappa shape index (κ2) is 7.02. The number of aromatic nitrogens is 3. The monoisotopic (exact) mass is 319 g/mol. The summed E-state index contributed by atoms with van der Waals surface area (Å²) in [5, 5.41) is 9.16. The number of nitrogens with two attached hydrogens (primary N) is 1. The van der Waals surface area contributed by atoms with Crippen LogP contribution in [-0.4, -0.2) is 52.3 Å². The molecule has 1 aromatic heterocycles. The molecule has 22 heavy (non-hydrogen) atoms. The van der Waals surface area contributed by atoms with E-state index in [4.69, 9.17) is 10.6 Å². The van der Waals surface area contributed by atoms with E-state index in [9.17, 15) is 0 Å². The molecule has 7 heteroatoms. The first-order chi connectivity index (χ1) is 10.8. The van der Waals surface area contributed by atoms with Crippen LogP contribution < -0.4 is 10.6 Å². The van der Waals surface area contributed by atoms with Gasteiger partial charge in [-0.05, 0) is 50.2 Å². The Hall–Kier alpha value is -1.73. The number of nitrogen functional groups attached to an aromatic ring is 1. The number of methoxy groups -OCH3 is 1. The summed E-state index contributed by atoms with van der Waals surface area (Å²) in [5.74, 6) is 8.59. The van der Waals surface area contributed by atoms with Crippen LogP contribution in [0.25, 0.3) is 11.4 Å². The molecule has 1 saturated heterocycles. The number of ether oxygens (including phenoxy) is 1. The van der Waals surface area contributed by atoms with Crippen molar-refractivity contribution >= 4 is 11.8 Å². The number of benzene rings is 1. The van der Waals surface area contributed by atoms with E-state index in [1.165, 1.54) is 25.9 Å². The fourth-order valence-electron chi connectivity index (χ4n) is 2.58. The van der Waals surface area contributed by atoms with Crippen LogP contribution >= 0.6 is 11.8 Å². The van der Waals surface area contributed by atoms with E-state index in [0.29, 0.717) is 5.82 Å². The molecule has 2 heterocycles. The standard InChI is InChI=1S/C15H21N5OS/c1-21-13-6-4-12(5-7-13)14-17-18-15(20(14)16)22-11-10-19-8-2-3-9-19/h4-7H,2-3,8-11,16H2,1H3. The molecule has 0 saturated carbocycles. The zero-order valence-corrected chi connectivity index (χ0v) is 13.6. The summed E-state index contributed by atoms with van der Waals surface area (Å²) in [6, 6.07) is 7.66. The van der Waals surface area contributed by atoms with Gasteiger partial charge in [0.1, 0.15) is 5.75 Å². The summed E-state index contributed by atoms with van der Waals surface area (Å²) in [7, 11) is 1.65. The van der Waals surface area contributed by atoms with Gasteiger partial charge < -0.3 is 15.5 Å². The van der Waals surface area contributed by atoms with Gasteiger partial charge in [-0.3, -0.25) is 0 Å². The second-order valence-electron chi connectivity index (χ2n) is 5.30. The summed E-state index contributed by atoms with van der Waals surface area (Å²) < 4.78 is 6.73. The van der Waals surface area contributed by atoms with E-state index < -0.39 is 0 Å². The molecule has 1 fully saturated rings. The molecule has 1 aliphatic rings. The highest BCUT2D eigenvalue weighted by Crippen LogP contribution is 2.23. The molecular weight excluding hydrogens is 298 g/mol. The first kappa shape index (κ1) is 15.2. The summed E-state index contributed by atoms with van der Waals surface area (Å²) in [5.41, 5.74) is 0.933. The van der Waals surface area contributed by atoms with E-state index in [1.54, 1.807) is 23.5 Å². The SMILES string of the molecule is COc1ccc(-c2nnc(SCCN3CCCC3)n2N)cc1. The number of rotatable bonds is 6. The number of hydrogen-bond acceptors (Lipinski definition) is 6. The van der Waals surface area contributed by atoms with Gasteiger partial charge in [-0.15, -0.1) is 10.2 Å². The van der Waals surface area contributed by atoms with Crippen molar-refractivity contribution in [3.8, 4) is 17.1 Å². The molecule has 1 aromatic carbocycles. The summed E-state index contributed by atoms with van der Waals surface area (Å²) in [4.78, 5) is 2.48. The third-order valence-electron chi connectivity index (χ3n) is 3.85. The summed E-state index contributed by atoms with van der Waals surface area (Å²) in [6.07, 6.45) is 2.64. The van der Waals surface area contributed by atoms with Gasteiger partial charge in [0, 0.05) is 17.9 Å². The van der Waals surface area contributed by atoms with Crippen LogP contribution in [0.3, 0.4) is 0 Å². The smallest absolute Gasteiger partial charge is 0.210 e. The van der Waals surface area contributed by atoms with Crippen LogP contribution in [0.2, 0.25) is 0 Å². The minimum atomic E-state index is 0.673. The van der Waals surface area contributed by atoms with Crippen LogP contribution in [0.1, 0.15) is 12.8 Å². The van der Waals surface area contributed by atoms with E-state index >= 15 is 0 Å². The quantitative estimate of drug-likeness (QED) is 0.647. The largest absolute Gasteiger partial charge is 0.497 e. The number of thioether (sulfide) groups is 1. The number of hydrogen-bond donors (Lipinski definition) is 1. The maximum absolute atomic E-state index is 6.13. The topological polar surface area (TPSA) is 69.2 Å². The van der Waals surface area contributed by atoms with Gasteiger partial charge in [0.05, 0.1) is 7.11 Å². The molecule has 118 valence electrons. The Balaban J connectivity index is 1.63. The fourth-order valence-corrected chi connectivity index (χ4v) is 3.44. The fraction of sp³-hybridized carbons (Fsp3) is 0.467. The lowest BCUT2D eigenvalue weighted by Gasteiger charge is -2.13. The molecule has 0 spiro atoms. The molecule has 0 radical (unpaired) electrons. The third-order valence-corrected chi connectivity index (χ3v) is 4.77. The first-order valence-electron chi connectivity index (χ1n) is 7.48. The molecule has 2 aromatic rings. The van der Waals surface area contributed by atoms with E-state index in [-0.39, 0.29) is 0 Å². The molecule has 0 bridgehead atoms. The molecule has 0 atom stereocenters. The minimum Gasteiger partial charge on any atom is -0.497 e.